The van der Waals surface area contributed by atoms with Crippen molar-refractivity contribution in [2.24, 2.45) is 0 Å². The summed E-state index contributed by atoms with van der Waals surface area (Å²) in [6.07, 6.45) is 1.59. The van der Waals surface area contributed by atoms with Crippen molar-refractivity contribution in [2.75, 3.05) is 18.4 Å². The molecule has 0 unspecified atom stereocenters. The highest BCUT2D eigenvalue weighted by atomic mass is 19.1. The maximum absolute atomic E-state index is 13.8. The molecule has 0 fully saturated rings. The number of hydrogen-bond donors (Lipinski definition) is 1. The number of aryl methyl sites for hydroxylation is 1. The number of halogens is 2. The Bertz CT molecular complexity index is 1040. The first-order chi connectivity index (χ1) is 14.3. The summed E-state index contributed by atoms with van der Waals surface area (Å²) in [5.74, 6) is -2.01. The Kier molecular flexibility index (Phi) is 6.34. The number of nitrogens with zero attached hydrogens (tertiary/aromatic N) is 2. The van der Waals surface area contributed by atoms with Gasteiger partial charge in [-0.05, 0) is 51.1 Å². The van der Waals surface area contributed by atoms with Crippen LogP contribution in [0.4, 0.5) is 14.5 Å². The van der Waals surface area contributed by atoms with Crippen molar-refractivity contribution in [3.8, 4) is 0 Å². The molecule has 0 spiro atoms. The van der Waals surface area contributed by atoms with E-state index >= 15 is 0 Å². The van der Waals surface area contributed by atoms with Gasteiger partial charge in [-0.1, -0.05) is 6.07 Å². The number of nitrogens with one attached hydrogen (secondary N) is 1. The van der Waals surface area contributed by atoms with Crippen LogP contribution in [0.2, 0.25) is 0 Å². The van der Waals surface area contributed by atoms with Crippen molar-refractivity contribution < 1.29 is 22.8 Å². The number of carbonyl (C=O) groups excluding carboxylic acids is 2. The topological polar surface area (TPSA) is 67.5 Å². The normalized spacial score (nSPS) is 10.8. The molecule has 0 saturated heterocycles. The molecule has 0 radical (unpaired) electrons. The number of anilines is 1. The molecule has 2 aromatic heterocycles. The van der Waals surface area contributed by atoms with Crippen molar-refractivity contribution >= 4 is 17.5 Å². The third-order valence-electron chi connectivity index (χ3n) is 4.93. The maximum atomic E-state index is 13.8. The van der Waals surface area contributed by atoms with Crippen LogP contribution in [0.25, 0.3) is 0 Å². The van der Waals surface area contributed by atoms with Gasteiger partial charge in [0.05, 0.1) is 18.4 Å². The number of benzene rings is 1. The lowest BCUT2D eigenvalue weighted by atomic mass is 10.2. The zero-order valence-corrected chi connectivity index (χ0v) is 17.0. The number of carbonyl (C=O) groups is 2. The fourth-order valence-electron chi connectivity index (χ4n) is 3.29. The highest BCUT2D eigenvalue weighted by Crippen LogP contribution is 2.20. The number of likely N-dealkylation sites (N-methyl/N-ethyl adjacent to an activating group) is 1. The first kappa shape index (κ1) is 21.3. The Balaban J connectivity index is 1.75. The minimum atomic E-state index is -0.876. The van der Waals surface area contributed by atoms with E-state index in [0.717, 1.165) is 29.3 Å². The fraction of sp³-hybridized carbons (Fsp3) is 0.273. The van der Waals surface area contributed by atoms with Crippen molar-refractivity contribution in [1.82, 2.24) is 9.47 Å². The van der Waals surface area contributed by atoms with E-state index in [1.54, 1.807) is 25.3 Å². The molecule has 0 aliphatic carbocycles. The van der Waals surface area contributed by atoms with Crippen LogP contribution in [0, 0.1) is 25.5 Å². The molecule has 6 nitrogen and oxygen atoms in total. The van der Waals surface area contributed by atoms with Crippen molar-refractivity contribution in [1.29, 1.82) is 0 Å². The van der Waals surface area contributed by atoms with E-state index in [2.05, 4.69) is 5.32 Å². The summed E-state index contributed by atoms with van der Waals surface area (Å²) in [6, 6.07) is 8.72. The quantitative estimate of drug-likeness (QED) is 0.631. The van der Waals surface area contributed by atoms with Gasteiger partial charge in [0.15, 0.2) is 0 Å². The van der Waals surface area contributed by atoms with E-state index < -0.39 is 23.2 Å². The third-order valence-corrected chi connectivity index (χ3v) is 4.93. The lowest BCUT2D eigenvalue weighted by Gasteiger charge is -2.20. The molecule has 1 N–H and O–H groups in total. The molecular formula is C22H23F2N3O3. The van der Waals surface area contributed by atoms with Crippen LogP contribution < -0.4 is 5.32 Å². The lowest BCUT2D eigenvalue weighted by molar-refractivity contribution is -0.116. The highest BCUT2D eigenvalue weighted by molar-refractivity contribution is 6.00. The molecule has 30 heavy (non-hydrogen) atoms. The lowest BCUT2D eigenvalue weighted by Crippen LogP contribution is -2.38. The average Bonchev–Trinajstić information content (AvgIpc) is 3.32. The molecule has 3 rings (SSSR count). The van der Waals surface area contributed by atoms with Crippen LogP contribution in [-0.2, 0) is 11.3 Å². The van der Waals surface area contributed by atoms with Gasteiger partial charge < -0.3 is 19.2 Å². The van der Waals surface area contributed by atoms with Crippen LogP contribution in [0.1, 0.15) is 34.4 Å². The molecule has 0 aliphatic heterocycles. The van der Waals surface area contributed by atoms with Gasteiger partial charge in [-0.25, -0.2) is 8.78 Å². The van der Waals surface area contributed by atoms with Crippen LogP contribution in [0.5, 0.6) is 0 Å². The predicted octanol–water partition coefficient (Wildman–Crippen LogP) is 4.13. The van der Waals surface area contributed by atoms with E-state index in [1.807, 2.05) is 24.5 Å². The summed E-state index contributed by atoms with van der Waals surface area (Å²) < 4.78 is 34.9. The predicted molar refractivity (Wildman–Crippen MR) is 108 cm³/mol. The maximum Gasteiger partial charge on any atom is 0.256 e. The molecule has 0 aliphatic rings. The van der Waals surface area contributed by atoms with E-state index in [9.17, 15) is 18.4 Å². The Labute approximate surface area is 173 Å². The van der Waals surface area contributed by atoms with E-state index in [0.29, 0.717) is 12.1 Å². The standard InChI is InChI=1S/C22H23F2N3O3/c1-4-26(13-20(28)25-21-18(23)8-5-9-19(21)24)22(29)17-11-14(2)27(15(17)3)12-16-7-6-10-30-16/h5-11H,4,12-13H2,1-3H3,(H,25,28). The first-order valence-electron chi connectivity index (χ1n) is 9.54. The monoisotopic (exact) mass is 415 g/mol. The Morgan fingerprint density at radius 2 is 1.83 bits per heavy atom. The Hall–Kier alpha value is -3.42. The van der Waals surface area contributed by atoms with Crippen LogP contribution in [0.3, 0.4) is 0 Å². The van der Waals surface area contributed by atoms with Gasteiger partial charge in [0.1, 0.15) is 29.6 Å². The number of furan rings is 1. The average molecular weight is 415 g/mol. The van der Waals surface area contributed by atoms with Gasteiger partial charge in [0, 0.05) is 17.9 Å². The fourth-order valence-corrected chi connectivity index (χ4v) is 3.29. The molecule has 0 atom stereocenters. The molecular weight excluding hydrogens is 392 g/mol. The summed E-state index contributed by atoms with van der Waals surface area (Å²) in [7, 11) is 0. The van der Waals surface area contributed by atoms with Crippen LogP contribution >= 0.6 is 0 Å². The number of rotatable bonds is 7. The zero-order chi connectivity index (χ0) is 21.8. The third kappa shape index (κ3) is 4.42. The largest absolute Gasteiger partial charge is 0.467 e. The minimum absolute atomic E-state index is 0.258. The van der Waals surface area contributed by atoms with Crippen molar-refractivity contribution in [2.45, 2.75) is 27.3 Å². The number of hydrogen-bond acceptors (Lipinski definition) is 3. The minimum Gasteiger partial charge on any atom is -0.467 e. The molecule has 0 bridgehead atoms. The van der Waals surface area contributed by atoms with Gasteiger partial charge in [-0.3, -0.25) is 9.59 Å². The summed E-state index contributed by atoms with van der Waals surface area (Å²) in [6.45, 7) is 5.86. The smallest absolute Gasteiger partial charge is 0.256 e. The second kappa shape index (κ2) is 8.94. The number of amides is 2. The first-order valence-corrected chi connectivity index (χ1v) is 9.54. The number of aromatic nitrogens is 1. The second-order valence-corrected chi connectivity index (χ2v) is 6.91. The molecule has 158 valence electrons. The van der Waals surface area contributed by atoms with Gasteiger partial charge >= 0.3 is 0 Å². The second-order valence-electron chi connectivity index (χ2n) is 6.91. The van der Waals surface area contributed by atoms with Gasteiger partial charge in [-0.2, -0.15) is 0 Å². The van der Waals surface area contributed by atoms with Crippen LogP contribution in [-0.4, -0.2) is 34.4 Å². The highest BCUT2D eigenvalue weighted by Gasteiger charge is 2.23. The van der Waals surface area contributed by atoms with Gasteiger partial charge in [0.2, 0.25) is 5.91 Å². The van der Waals surface area contributed by atoms with E-state index in [1.165, 1.54) is 11.0 Å². The Morgan fingerprint density at radius 3 is 2.43 bits per heavy atom. The summed E-state index contributed by atoms with van der Waals surface area (Å²) in [4.78, 5) is 26.7. The SMILES string of the molecule is CCN(CC(=O)Nc1c(F)cccc1F)C(=O)c1cc(C)n(Cc2ccco2)c1C. The Morgan fingerprint density at radius 1 is 1.13 bits per heavy atom. The molecule has 1 aromatic carbocycles. The molecule has 3 aromatic rings. The molecule has 2 heterocycles. The molecule has 0 saturated carbocycles. The number of para-hydroxylation sites is 1. The van der Waals surface area contributed by atoms with Crippen molar-refractivity contribution in [3.05, 3.63) is 77.0 Å². The summed E-state index contributed by atoms with van der Waals surface area (Å²) >= 11 is 0. The van der Waals surface area contributed by atoms with E-state index in [4.69, 9.17) is 4.42 Å². The zero-order valence-electron chi connectivity index (χ0n) is 17.0. The van der Waals surface area contributed by atoms with Gasteiger partial charge in [0.25, 0.3) is 5.91 Å². The molecule has 2 amide bonds. The molecule has 8 heteroatoms. The summed E-state index contributed by atoms with van der Waals surface area (Å²) in [5, 5.41) is 2.21. The van der Waals surface area contributed by atoms with Gasteiger partial charge in [-0.15, -0.1) is 0 Å². The summed E-state index contributed by atoms with van der Waals surface area (Å²) in [5.41, 5.74) is 1.56. The van der Waals surface area contributed by atoms with Crippen LogP contribution in [0.15, 0.2) is 47.1 Å². The van der Waals surface area contributed by atoms with Crippen molar-refractivity contribution in [3.63, 3.8) is 0 Å². The van der Waals surface area contributed by atoms with E-state index in [-0.39, 0.29) is 19.0 Å².